The van der Waals surface area contributed by atoms with Gasteiger partial charge in [0.15, 0.2) is 0 Å². The monoisotopic (exact) mass is 322 g/mol. The molecule has 0 aromatic heterocycles. The highest BCUT2D eigenvalue weighted by Crippen LogP contribution is 2.09. The topological polar surface area (TPSA) is 78.4 Å². The Labute approximate surface area is 140 Å². The number of aromatic hydroxyl groups is 1. The molecule has 0 unspecified atom stereocenters. The number of phenolic OH excluding ortho intramolecular Hbond substituents is 1. The van der Waals surface area contributed by atoms with Gasteiger partial charge in [-0.1, -0.05) is 24.1 Å². The Morgan fingerprint density at radius 2 is 1.58 bits per heavy atom. The Morgan fingerprint density at radius 3 is 2.29 bits per heavy atom. The van der Waals surface area contributed by atoms with Crippen molar-refractivity contribution in [2.24, 2.45) is 0 Å². The van der Waals surface area contributed by atoms with Gasteiger partial charge in [-0.3, -0.25) is 9.59 Å². The van der Waals surface area contributed by atoms with Crippen LogP contribution in [0.4, 0.5) is 0 Å². The van der Waals surface area contributed by atoms with Gasteiger partial charge >= 0.3 is 0 Å². The normalized spacial score (nSPS) is 9.50. The lowest BCUT2D eigenvalue weighted by Gasteiger charge is -2.05. The van der Waals surface area contributed by atoms with Crippen molar-refractivity contribution in [2.75, 3.05) is 13.1 Å². The van der Waals surface area contributed by atoms with Crippen LogP contribution >= 0.6 is 0 Å². The first-order valence-electron chi connectivity index (χ1n) is 7.57. The maximum Gasteiger partial charge on any atom is 0.296 e. The van der Waals surface area contributed by atoms with Gasteiger partial charge in [0.25, 0.3) is 11.8 Å². The molecule has 2 rings (SSSR count). The maximum atomic E-state index is 11.8. The van der Waals surface area contributed by atoms with Crippen LogP contribution in [0.1, 0.15) is 22.3 Å². The van der Waals surface area contributed by atoms with E-state index in [1.165, 1.54) is 12.1 Å². The molecule has 0 aliphatic heterocycles. The molecule has 0 aliphatic rings. The first kappa shape index (κ1) is 17.1. The zero-order valence-corrected chi connectivity index (χ0v) is 13.1. The Hall–Kier alpha value is -3.26. The molecule has 0 saturated heterocycles. The Kier molecular flexibility index (Phi) is 6.42. The molecule has 2 aromatic rings. The third-order valence-corrected chi connectivity index (χ3v) is 3.15. The summed E-state index contributed by atoms with van der Waals surface area (Å²) in [5.74, 6) is 4.85. The lowest BCUT2D eigenvalue weighted by molar-refractivity contribution is -0.115. The summed E-state index contributed by atoms with van der Waals surface area (Å²) in [5, 5.41) is 14.6. The van der Waals surface area contributed by atoms with Crippen LogP contribution in [0.3, 0.4) is 0 Å². The third kappa shape index (κ3) is 5.85. The van der Waals surface area contributed by atoms with Crippen LogP contribution < -0.4 is 10.6 Å². The van der Waals surface area contributed by atoms with Gasteiger partial charge in [0.1, 0.15) is 5.75 Å². The molecule has 0 bridgehead atoms. The average molecular weight is 322 g/mol. The SMILES string of the molecule is O=C(C#Cc1ccccc1)NCCCNC(=O)c1ccc(O)cc1. The summed E-state index contributed by atoms with van der Waals surface area (Å²) in [7, 11) is 0. The fraction of sp³-hybridized carbons (Fsp3) is 0.158. The van der Waals surface area contributed by atoms with Crippen LogP contribution in [-0.2, 0) is 4.79 Å². The van der Waals surface area contributed by atoms with Crippen molar-refractivity contribution >= 4 is 11.8 Å². The van der Waals surface area contributed by atoms with E-state index in [9.17, 15) is 14.7 Å². The predicted octanol–water partition coefficient (Wildman–Crippen LogP) is 1.68. The van der Waals surface area contributed by atoms with Gasteiger partial charge < -0.3 is 15.7 Å². The molecule has 24 heavy (non-hydrogen) atoms. The number of phenols is 1. The van der Waals surface area contributed by atoms with E-state index in [1.807, 2.05) is 30.3 Å². The molecule has 0 atom stereocenters. The fourth-order valence-corrected chi connectivity index (χ4v) is 1.90. The minimum Gasteiger partial charge on any atom is -0.508 e. The minimum atomic E-state index is -0.344. The molecular weight excluding hydrogens is 304 g/mol. The van der Waals surface area contributed by atoms with Crippen LogP contribution in [0.15, 0.2) is 54.6 Å². The highest BCUT2D eigenvalue weighted by molar-refractivity contribution is 5.94. The molecule has 122 valence electrons. The lowest BCUT2D eigenvalue weighted by Crippen LogP contribution is -2.29. The quantitative estimate of drug-likeness (QED) is 0.579. The van der Waals surface area contributed by atoms with Gasteiger partial charge in [0, 0.05) is 30.1 Å². The highest BCUT2D eigenvalue weighted by atomic mass is 16.3. The first-order valence-corrected chi connectivity index (χ1v) is 7.57. The molecule has 5 heteroatoms. The summed E-state index contributed by atoms with van der Waals surface area (Å²) < 4.78 is 0. The number of rotatable bonds is 5. The van der Waals surface area contributed by atoms with E-state index in [1.54, 1.807) is 12.1 Å². The molecule has 0 aliphatic carbocycles. The number of carbonyl (C=O) groups is 2. The van der Waals surface area contributed by atoms with E-state index in [-0.39, 0.29) is 17.6 Å². The second kappa shape index (κ2) is 9.01. The van der Waals surface area contributed by atoms with Crippen LogP contribution in [-0.4, -0.2) is 30.0 Å². The molecule has 2 aromatic carbocycles. The standard InChI is InChI=1S/C19H18N2O3/c22-17-10-8-16(9-11-17)19(24)21-14-4-13-20-18(23)12-7-15-5-2-1-3-6-15/h1-3,5-6,8-11,22H,4,13-14H2,(H,20,23)(H,21,24). The van der Waals surface area contributed by atoms with Gasteiger partial charge in [-0.15, -0.1) is 0 Å². The lowest BCUT2D eigenvalue weighted by atomic mass is 10.2. The van der Waals surface area contributed by atoms with Gasteiger partial charge in [0.2, 0.25) is 0 Å². The van der Waals surface area contributed by atoms with Crippen LogP contribution in [0.5, 0.6) is 5.75 Å². The van der Waals surface area contributed by atoms with Gasteiger partial charge in [-0.2, -0.15) is 0 Å². The van der Waals surface area contributed by atoms with E-state index < -0.39 is 0 Å². The molecule has 0 saturated carbocycles. The van der Waals surface area contributed by atoms with E-state index >= 15 is 0 Å². The Morgan fingerprint density at radius 1 is 0.917 bits per heavy atom. The molecule has 0 heterocycles. The first-order chi connectivity index (χ1) is 11.6. The number of hydrogen-bond donors (Lipinski definition) is 3. The van der Waals surface area contributed by atoms with Crippen molar-refractivity contribution in [3.63, 3.8) is 0 Å². The van der Waals surface area contributed by atoms with Crippen LogP contribution in [0, 0.1) is 11.8 Å². The molecule has 2 amide bonds. The highest BCUT2D eigenvalue weighted by Gasteiger charge is 2.04. The molecule has 5 nitrogen and oxygen atoms in total. The van der Waals surface area contributed by atoms with Crippen LogP contribution in [0.2, 0.25) is 0 Å². The number of carbonyl (C=O) groups excluding carboxylic acids is 2. The van der Waals surface area contributed by atoms with E-state index in [0.717, 1.165) is 5.56 Å². The molecule has 0 spiro atoms. The van der Waals surface area contributed by atoms with Crippen molar-refractivity contribution in [1.82, 2.24) is 10.6 Å². The molecule has 0 radical (unpaired) electrons. The smallest absolute Gasteiger partial charge is 0.296 e. The summed E-state index contributed by atoms with van der Waals surface area (Å²) >= 11 is 0. The Bertz CT molecular complexity index is 744. The van der Waals surface area contributed by atoms with Crippen molar-refractivity contribution in [3.8, 4) is 17.6 Å². The van der Waals surface area contributed by atoms with E-state index in [0.29, 0.717) is 25.1 Å². The van der Waals surface area contributed by atoms with E-state index in [2.05, 4.69) is 22.5 Å². The zero-order valence-electron chi connectivity index (χ0n) is 13.1. The number of benzene rings is 2. The summed E-state index contributed by atoms with van der Waals surface area (Å²) in [4.78, 5) is 23.4. The van der Waals surface area contributed by atoms with Crippen molar-refractivity contribution in [2.45, 2.75) is 6.42 Å². The summed E-state index contributed by atoms with van der Waals surface area (Å²) in [5.41, 5.74) is 1.26. The fourth-order valence-electron chi connectivity index (χ4n) is 1.90. The Balaban J connectivity index is 1.64. The second-order valence-corrected chi connectivity index (χ2v) is 5.03. The predicted molar refractivity (Wildman–Crippen MR) is 91.4 cm³/mol. The van der Waals surface area contributed by atoms with E-state index in [4.69, 9.17) is 0 Å². The molecule has 0 fully saturated rings. The number of amides is 2. The van der Waals surface area contributed by atoms with Gasteiger partial charge in [-0.25, -0.2) is 0 Å². The third-order valence-electron chi connectivity index (χ3n) is 3.15. The largest absolute Gasteiger partial charge is 0.508 e. The number of nitrogens with one attached hydrogen (secondary N) is 2. The van der Waals surface area contributed by atoms with Crippen molar-refractivity contribution < 1.29 is 14.7 Å². The second-order valence-electron chi connectivity index (χ2n) is 5.03. The van der Waals surface area contributed by atoms with Gasteiger partial charge in [-0.05, 0) is 42.8 Å². The molecule has 3 N–H and O–H groups in total. The maximum absolute atomic E-state index is 11.8. The average Bonchev–Trinajstić information content (AvgIpc) is 2.61. The minimum absolute atomic E-state index is 0.117. The summed E-state index contributed by atoms with van der Waals surface area (Å²) in [6, 6.07) is 15.3. The summed E-state index contributed by atoms with van der Waals surface area (Å²) in [6.45, 7) is 0.865. The van der Waals surface area contributed by atoms with Gasteiger partial charge in [0.05, 0.1) is 0 Å². The van der Waals surface area contributed by atoms with Crippen molar-refractivity contribution in [1.29, 1.82) is 0 Å². The molecular formula is C19H18N2O3. The van der Waals surface area contributed by atoms with Crippen LogP contribution in [0.25, 0.3) is 0 Å². The zero-order chi connectivity index (χ0) is 17.2. The van der Waals surface area contributed by atoms with Crippen molar-refractivity contribution in [3.05, 3.63) is 65.7 Å². The number of hydrogen-bond acceptors (Lipinski definition) is 3. The summed E-state index contributed by atoms with van der Waals surface area (Å²) in [6.07, 6.45) is 0.600.